The molecule has 0 aromatic heterocycles. The van der Waals surface area contributed by atoms with Gasteiger partial charge in [-0.25, -0.2) is 0 Å². The molecule has 0 radical (unpaired) electrons. The molecule has 0 saturated carbocycles. The van der Waals surface area contributed by atoms with E-state index in [9.17, 15) is 4.91 Å². The Balaban J connectivity index is 5.60. The molecule has 0 aromatic rings. The molecule has 0 heterocycles. The van der Waals surface area contributed by atoms with E-state index in [0.717, 1.165) is 0 Å². The molecule has 0 bridgehead atoms. The monoisotopic (exact) mass is 142 g/mol. The van der Waals surface area contributed by atoms with Crippen molar-refractivity contribution in [1.82, 2.24) is 5.01 Å². The van der Waals surface area contributed by atoms with Crippen molar-refractivity contribution in [3.63, 3.8) is 0 Å². The van der Waals surface area contributed by atoms with Crippen LogP contribution < -0.4 is 0 Å². The number of hydrogen-bond acceptors (Lipinski definition) is 4. The zero-order valence-electron chi connectivity index (χ0n) is 12.2. The molecule has 0 saturated heterocycles. The molecule has 5 nitrogen and oxygen atoms in total. The second kappa shape index (κ2) is 5.46. The van der Waals surface area contributed by atoms with E-state index in [0.29, 0.717) is 0 Å². The first-order valence-electron chi connectivity index (χ1n) is 5.78. The van der Waals surface area contributed by atoms with E-state index in [1.165, 1.54) is 0 Å². The van der Waals surface area contributed by atoms with Crippen LogP contribution in [-0.4, -0.2) is 41.3 Å². The lowest BCUT2D eigenvalue weighted by atomic mass is 10.6. The van der Waals surface area contributed by atoms with E-state index in [4.69, 9.17) is 21.2 Å². The van der Waals surface area contributed by atoms with Gasteiger partial charge < -0.3 is 10.2 Å². The number of aliphatic hydroxyl groups is 2. The molecular weight excluding hydrogens is 124 g/mol. The van der Waals surface area contributed by atoms with Gasteiger partial charge in [0.15, 0.2) is 0 Å². The summed E-state index contributed by atoms with van der Waals surface area (Å²) in [7, 11) is 0. The van der Waals surface area contributed by atoms with Crippen LogP contribution >= 0.6 is 0 Å². The molecule has 54 valence electrons. The molecular formula is C4H10N2O3. The highest BCUT2D eigenvalue weighted by Crippen LogP contribution is 1.84. The largest absolute Gasteiger partial charge is 0.394 e. The van der Waals surface area contributed by atoms with Crippen molar-refractivity contribution in [2.24, 2.45) is 5.29 Å². The summed E-state index contributed by atoms with van der Waals surface area (Å²) in [6, 6.07) is 0. The van der Waals surface area contributed by atoms with Crippen LogP contribution in [0.2, 0.25) is 0 Å². The Morgan fingerprint density at radius 1 is 1.44 bits per heavy atom. The molecule has 0 aromatic carbocycles. The van der Waals surface area contributed by atoms with Gasteiger partial charge in [0.25, 0.3) is 0 Å². The Hall–Kier alpha value is -0.680. The van der Waals surface area contributed by atoms with Crippen LogP contribution in [-0.2, 0) is 0 Å². The molecule has 2 N–H and O–H groups in total. The van der Waals surface area contributed by atoms with Crippen molar-refractivity contribution in [1.29, 1.82) is 0 Å². The Morgan fingerprint density at radius 2 is 1.89 bits per heavy atom. The fraction of sp³-hybridized carbons (Fsp3) is 1.00. The van der Waals surface area contributed by atoms with Crippen LogP contribution in [0.1, 0.15) is 11.0 Å². The van der Waals surface area contributed by atoms with Gasteiger partial charge in [-0.05, 0) is 0 Å². The molecule has 0 amide bonds. The summed E-state index contributed by atoms with van der Waals surface area (Å²) in [4.78, 5) is 10.3. The van der Waals surface area contributed by atoms with Gasteiger partial charge in [0.05, 0.1) is 42.4 Å². The lowest BCUT2D eigenvalue weighted by Gasteiger charge is -2.10. The summed E-state index contributed by atoms with van der Waals surface area (Å²) < 4.78 is 54.9. The smallest absolute Gasteiger partial charge is 0.0625 e. The van der Waals surface area contributed by atoms with E-state index in [-0.39, 0.29) is 0 Å². The molecule has 0 spiro atoms. The highest BCUT2D eigenvalue weighted by Gasteiger charge is 1.97. The minimum absolute atomic E-state index is 0.847. The third-order valence-corrected chi connectivity index (χ3v) is 0.393. The van der Waals surface area contributed by atoms with E-state index < -0.39 is 31.1 Å². The van der Waals surface area contributed by atoms with Crippen LogP contribution in [0.15, 0.2) is 5.29 Å². The van der Waals surface area contributed by atoms with Gasteiger partial charge in [0.2, 0.25) is 0 Å². The lowest BCUT2D eigenvalue weighted by Crippen LogP contribution is -2.23. The van der Waals surface area contributed by atoms with Crippen molar-refractivity contribution in [2.45, 2.75) is 0 Å². The minimum Gasteiger partial charge on any atom is -0.394 e. The van der Waals surface area contributed by atoms with Crippen LogP contribution in [0.25, 0.3) is 0 Å². The maximum atomic E-state index is 10.3. The highest BCUT2D eigenvalue weighted by molar-refractivity contribution is 4.46. The zero-order chi connectivity index (χ0) is 14.3. The summed E-state index contributed by atoms with van der Waals surface area (Å²) in [6.45, 7) is -14.8. The second-order valence-corrected chi connectivity index (χ2v) is 0.841. The predicted octanol–water partition coefficient (Wildman–Crippen LogP) is -1.05. The zero-order valence-corrected chi connectivity index (χ0v) is 4.20. The number of rotatable bonds is 5. The van der Waals surface area contributed by atoms with Crippen LogP contribution in [0.3, 0.4) is 0 Å². The molecule has 0 fully saturated rings. The summed E-state index contributed by atoms with van der Waals surface area (Å²) in [5.74, 6) is 0. The standard InChI is InChI=1S/C4H10N2O3/c7-3-1-6(5-9)2-4-8/h7-8H,1-4H2/i1D2,2D2,3D2,4D2. The molecule has 0 atom stereocenters. The summed E-state index contributed by atoms with van der Waals surface area (Å²) in [6.07, 6.45) is 0. The van der Waals surface area contributed by atoms with E-state index in [1.54, 1.807) is 5.29 Å². The minimum atomic E-state index is -3.71. The van der Waals surface area contributed by atoms with Gasteiger partial charge in [-0.3, -0.25) is 5.01 Å². The Labute approximate surface area is 64.1 Å². The Bertz CT molecular complexity index is 270. The van der Waals surface area contributed by atoms with Gasteiger partial charge in [0.1, 0.15) is 0 Å². The topological polar surface area (TPSA) is 73.1 Å². The fourth-order valence-electron chi connectivity index (χ4n) is 0.163. The van der Waals surface area contributed by atoms with Gasteiger partial charge in [-0.2, -0.15) is 0 Å². The van der Waals surface area contributed by atoms with E-state index in [1.807, 2.05) is 0 Å². The first-order chi connectivity index (χ1) is 7.19. The van der Waals surface area contributed by atoms with E-state index >= 15 is 0 Å². The van der Waals surface area contributed by atoms with Gasteiger partial charge in [-0.1, -0.05) is 0 Å². The van der Waals surface area contributed by atoms with Crippen molar-refractivity contribution in [3.8, 4) is 0 Å². The van der Waals surface area contributed by atoms with E-state index in [2.05, 4.69) is 0 Å². The third kappa shape index (κ3) is 3.87. The van der Waals surface area contributed by atoms with Crippen molar-refractivity contribution < 1.29 is 21.2 Å². The number of hydrogen-bond donors (Lipinski definition) is 2. The van der Waals surface area contributed by atoms with Crippen molar-refractivity contribution in [3.05, 3.63) is 4.91 Å². The van der Waals surface area contributed by atoms with Gasteiger partial charge >= 0.3 is 0 Å². The van der Waals surface area contributed by atoms with Crippen molar-refractivity contribution in [2.75, 3.05) is 26.1 Å². The molecule has 9 heavy (non-hydrogen) atoms. The molecule has 0 unspecified atom stereocenters. The average Bonchev–Trinajstić information content (AvgIpc) is 1.99. The van der Waals surface area contributed by atoms with Gasteiger partial charge in [-0.15, -0.1) is 4.91 Å². The quantitative estimate of drug-likeness (QED) is 0.379. The molecule has 5 heteroatoms. The Kier molecular flexibility index (Phi) is 1.15. The second-order valence-electron chi connectivity index (χ2n) is 0.841. The fourth-order valence-corrected chi connectivity index (χ4v) is 0.163. The first-order valence-corrected chi connectivity index (χ1v) is 1.78. The highest BCUT2D eigenvalue weighted by atomic mass is 16.3. The maximum Gasteiger partial charge on any atom is 0.0625 e. The molecule has 0 rings (SSSR count). The summed E-state index contributed by atoms with van der Waals surface area (Å²) in [5, 5.41) is 18.6. The summed E-state index contributed by atoms with van der Waals surface area (Å²) in [5.41, 5.74) is 0. The normalized spacial score (nSPS) is 28.7. The summed E-state index contributed by atoms with van der Waals surface area (Å²) >= 11 is 0. The van der Waals surface area contributed by atoms with Crippen molar-refractivity contribution >= 4 is 0 Å². The third-order valence-electron chi connectivity index (χ3n) is 0.393. The first kappa shape index (κ1) is 1.90. The average molecular weight is 142 g/mol. The molecule has 0 aliphatic rings. The molecule has 0 aliphatic heterocycles. The van der Waals surface area contributed by atoms with Crippen LogP contribution in [0, 0.1) is 4.91 Å². The maximum absolute atomic E-state index is 10.3. The van der Waals surface area contributed by atoms with Crippen LogP contribution in [0.4, 0.5) is 0 Å². The lowest BCUT2D eigenvalue weighted by molar-refractivity contribution is 0.163. The Morgan fingerprint density at radius 3 is 2.11 bits per heavy atom. The SMILES string of the molecule is [2H]C([2H])(O)C([2H])([2H])N(N=O)C([2H])([2H])C([2H])([2H])O. The number of nitrogens with zero attached hydrogens (tertiary/aromatic N) is 2. The van der Waals surface area contributed by atoms with Crippen LogP contribution in [0.5, 0.6) is 0 Å². The number of nitroso groups, excluding NO2 is 1. The van der Waals surface area contributed by atoms with Gasteiger partial charge in [0, 0.05) is 0 Å². The predicted molar refractivity (Wildman–Crippen MR) is 31.5 cm³/mol. The molecule has 0 aliphatic carbocycles.